The Balaban J connectivity index is 1.73. The number of amides is 1. The molecule has 3 rings (SSSR count). The van der Waals surface area contributed by atoms with Crippen LogP contribution in [0.5, 0.6) is 0 Å². The second kappa shape index (κ2) is 8.32. The van der Waals surface area contributed by atoms with E-state index in [2.05, 4.69) is 39.4 Å². The lowest BCUT2D eigenvalue weighted by atomic mass is 10.0. The number of anilines is 1. The second-order valence-corrected chi connectivity index (χ2v) is 6.97. The summed E-state index contributed by atoms with van der Waals surface area (Å²) in [7, 11) is 4.04. The van der Waals surface area contributed by atoms with Crippen molar-refractivity contribution in [1.82, 2.24) is 10.2 Å². The highest BCUT2D eigenvalue weighted by atomic mass is 19.1. The topological polar surface area (TPSA) is 35.6 Å². The summed E-state index contributed by atoms with van der Waals surface area (Å²) in [4.78, 5) is 16.9. The van der Waals surface area contributed by atoms with Crippen LogP contribution >= 0.6 is 0 Å². The van der Waals surface area contributed by atoms with Crippen LogP contribution in [0.4, 0.5) is 10.1 Å². The molecule has 4 nitrogen and oxygen atoms in total. The average Bonchev–Trinajstić information content (AvgIpc) is 3.16. The fourth-order valence-corrected chi connectivity index (χ4v) is 3.43. The van der Waals surface area contributed by atoms with Gasteiger partial charge in [-0.3, -0.25) is 9.69 Å². The molecule has 2 aromatic carbocycles. The quantitative estimate of drug-likeness (QED) is 0.862. The number of nitrogens with zero attached hydrogens (tertiary/aromatic N) is 2. The average molecular weight is 355 g/mol. The van der Waals surface area contributed by atoms with E-state index in [0.717, 1.165) is 18.8 Å². The van der Waals surface area contributed by atoms with Gasteiger partial charge < -0.3 is 10.2 Å². The summed E-state index contributed by atoms with van der Waals surface area (Å²) in [5, 5.41) is 2.98. The van der Waals surface area contributed by atoms with Crippen molar-refractivity contribution in [3.05, 3.63) is 65.5 Å². The van der Waals surface area contributed by atoms with E-state index in [4.69, 9.17) is 0 Å². The Morgan fingerprint density at radius 1 is 1.15 bits per heavy atom. The van der Waals surface area contributed by atoms with Crippen LogP contribution in [-0.2, 0) is 0 Å². The lowest BCUT2D eigenvalue weighted by Gasteiger charge is -2.28. The third-order valence-electron chi connectivity index (χ3n) is 4.92. The Bertz CT molecular complexity index is 739. The van der Waals surface area contributed by atoms with Crippen molar-refractivity contribution in [2.45, 2.75) is 18.9 Å². The zero-order chi connectivity index (χ0) is 18.5. The monoisotopic (exact) mass is 355 g/mol. The zero-order valence-corrected chi connectivity index (χ0v) is 15.4. The minimum atomic E-state index is -0.395. The molecule has 2 aromatic rings. The van der Waals surface area contributed by atoms with Gasteiger partial charge in [0.05, 0.1) is 6.04 Å². The molecule has 0 radical (unpaired) electrons. The van der Waals surface area contributed by atoms with Crippen molar-refractivity contribution in [2.24, 2.45) is 0 Å². The Labute approximate surface area is 154 Å². The molecule has 0 spiro atoms. The maximum absolute atomic E-state index is 13.3. The van der Waals surface area contributed by atoms with Gasteiger partial charge in [0.2, 0.25) is 0 Å². The molecule has 1 saturated heterocycles. The van der Waals surface area contributed by atoms with Crippen LogP contribution in [-0.4, -0.2) is 44.5 Å². The molecule has 0 aliphatic carbocycles. The number of benzene rings is 2. The molecule has 1 aliphatic rings. The molecule has 0 saturated carbocycles. The van der Waals surface area contributed by atoms with Gasteiger partial charge in [0, 0.05) is 31.9 Å². The van der Waals surface area contributed by atoms with E-state index in [1.54, 1.807) is 12.1 Å². The first-order chi connectivity index (χ1) is 12.5. The molecule has 1 unspecified atom stereocenters. The van der Waals surface area contributed by atoms with E-state index in [0.29, 0.717) is 12.1 Å². The van der Waals surface area contributed by atoms with Crippen LogP contribution in [0, 0.1) is 5.82 Å². The first kappa shape index (κ1) is 18.4. The molecule has 5 heteroatoms. The van der Waals surface area contributed by atoms with Gasteiger partial charge in [-0.1, -0.05) is 18.2 Å². The molecule has 1 atom stereocenters. The SMILES string of the molecule is CN(C)c1ccc(C(CNC(=O)c2cccc(F)c2)N2CCCC2)cc1. The van der Waals surface area contributed by atoms with Crippen LogP contribution in [0.1, 0.15) is 34.8 Å². The van der Waals surface area contributed by atoms with E-state index in [-0.39, 0.29) is 11.9 Å². The maximum atomic E-state index is 13.3. The summed E-state index contributed by atoms with van der Waals surface area (Å²) in [6.45, 7) is 2.59. The van der Waals surface area contributed by atoms with Crippen molar-refractivity contribution in [1.29, 1.82) is 0 Å². The van der Waals surface area contributed by atoms with E-state index in [1.807, 2.05) is 14.1 Å². The summed E-state index contributed by atoms with van der Waals surface area (Å²) in [6.07, 6.45) is 2.37. The van der Waals surface area contributed by atoms with Gasteiger partial charge in [0.25, 0.3) is 5.91 Å². The zero-order valence-electron chi connectivity index (χ0n) is 15.4. The van der Waals surface area contributed by atoms with Crippen molar-refractivity contribution in [2.75, 3.05) is 38.6 Å². The largest absolute Gasteiger partial charge is 0.378 e. The van der Waals surface area contributed by atoms with Gasteiger partial charge in [-0.2, -0.15) is 0 Å². The Morgan fingerprint density at radius 3 is 2.46 bits per heavy atom. The minimum Gasteiger partial charge on any atom is -0.378 e. The van der Waals surface area contributed by atoms with Crippen molar-refractivity contribution in [3.8, 4) is 0 Å². The van der Waals surface area contributed by atoms with Gasteiger partial charge in [0.1, 0.15) is 5.82 Å². The number of rotatable bonds is 6. The number of nitrogens with one attached hydrogen (secondary N) is 1. The Kier molecular flexibility index (Phi) is 5.89. The van der Waals surface area contributed by atoms with Crippen molar-refractivity contribution >= 4 is 11.6 Å². The number of hydrogen-bond donors (Lipinski definition) is 1. The van der Waals surface area contributed by atoms with Crippen molar-refractivity contribution in [3.63, 3.8) is 0 Å². The molecule has 1 N–H and O–H groups in total. The minimum absolute atomic E-state index is 0.131. The highest BCUT2D eigenvalue weighted by molar-refractivity contribution is 5.94. The number of hydrogen-bond acceptors (Lipinski definition) is 3. The van der Waals surface area contributed by atoms with Crippen LogP contribution in [0.15, 0.2) is 48.5 Å². The third-order valence-corrected chi connectivity index (χ3v) is 4.92. The van der Waals surface area contributed by atoms with Gasteiger partial charge in [-0.15, -0.1) is 0 Å². The fraction of sp³-hybridized carbons (Fsp3) is 0.381. The molecule has 1 aliphatic heterocycles. The van der Waals surface area contributed by atoms with Gasteiger partial charge in [0.15, 0.2) is 0 Å². The van der Waals surface area contributed by atoms with E-state index in [9.17, 15) is 9.18 Å². The lowest BCUT2D eigenvalue weighted by Crippen LogP contribution is -2.36. The first-order valence-corrected chi connectivity index (χ1v) is 9.10. The molecule has 1 fully saturated rings. The summed E-state index contributed by atoms with van der Waals surface area (Å²) in [5.41, 5.74) is 2.70. The van der Waals surface area contributed by atoms with Crippen LogP contribution < -0.4 is 10.2 Å². The predicted octanol–water partition coefficient (Wildman–Crippen LogP) is 3.46. The summed E-state index contributed by atoms with van der Waals surface area (Å²) in [5.74, 6) is -0.633. The standard InChI is InChI=1S/C21H26FN3O/c1-24(2)19-10-8-16(9-11-19)20(25-12-3-4-13-25)15-23-21(26)17-6-5-7-18(22)14-17/h5-11,14,20H,3-4,12-13,15H2,1-2H3,(H,23,26). The van der Waals surface area contributed by atoms with E-state index in [1.165, 1.54) is 30.5 Å². The van der Waals surface area contributed by atoms with Gasteiger partial charge in [-0.05, 0) is 61.8 Å². The van der Waals surface area contributed by atoms with Gasteiger partial charge in [-0.25, -0.2) is 4.39 Å². The first-order valence-electron chi connectivity index (χ1n) is 9.10. The van der Waals surface area contributed by atoms with Gasteiger partial charge >= 0.3 is 0 Å². The lowest BCUT2D eigenvalue weighted by molar-refractivity contribution is 0.0937. The van der Waals surface area contributed by atoms with Crippen molar-refractivity contribution < 1.29 is 9.18 Å². The van der Waals surface area contributed by atoms with Crippen LogP contribution in [0.3, 0.4) is 0 Å². The highest BCUT2D eigenvalue weighted by Crippen LogP contribution is 2.26. The van der Waals surface area contributed by atoms with Crippen LogP contribution in [0.2, 0.25) is 0 Å². The summed E-state index contributed by atoms with van der Waals surface area (Å²) >= 11 is 0. The second-order valence-electron chi connectivity index (χ2n) is 6.97. The number of carbonyl (C=O) groups is 1. The van der Waals surface area contributed by atoms with Crippen LogP contribution in [0.25, 0.3) is 0 Å². The fourth-order valence-electron chi connectivity index (χ4n) is 3.43. The molecule has 0 bridgehead atoms. The summed E-state index contributed by atoms with van der Waals surface area (Å²) in [6, 6.07) is 14.4. The Hall–Kier alpha value is -2.40. The number of carbonyl (C=O) groups excluding carboxylic acids is 1. The highest BCUT2D eigenvalue weighted by Gasteiger charge is 2.24. The molecule has 138 valence electrons. The smallest absolute Gasteiger partial charge is 0.251 e. The molecular formula is C21H26FN3O. The molecule has 1 heterocycles. The molecule has 1 amide bonds. The van der Waals surface area contributed by atoms with E-state index < -0.39 is 5.82 Å². The number of likely N-dealkylation sites (tertiary alicyclic amines) is 1. The summed E-state index contributed by atoms with van der Waals surface area (Å²) < 4.78 is 13.3. The predicted molar refractivity (Wildman–Crippen MR) is 103 cm³/mol. The third kappa shape index (κ3) is 4.41. The molecule has 0 aromatic heterocycles. The van der Waals surface area contributed by atoms with E-state index >= 15 is 0 Å². The number of halogens is 1. The Morgan fingerprint density at radius 2 is 1.85 bits per heavy atom. The molecule has 26 heavy (non-hydrogen) atoms. The molecular weight excluding hydrogens is 329 g/mol. The maximum Gasteiger partial charge on any atom is 0.251 e. The normalized spacial score (nSPS) is 15.7.